The maximum atomic E-state index is 15.0. The van der Waals surface area contributed by atoms with Crippen LogP contribution in [0.25, 0.3) is 11.3 Å². The summed E-state index contributed by atoms with van der Waals surface area (Å²) in [4.78, 5) is 27.4. The van der Waals surface area contributed by atoms with Gasteiger partial charge in [-0.2, -0.15) is 5.10 Å². The predicted molar refractivity (Wildman–Crippen MR) is 126 cm³/mol. The van der Waals surface area contributed by atoms with Crippen molar-refractivity contribution < 1.29 is 13.9 Å². The minimum atomic E-state index is -0.487. The molecule has 2 heterocycles. The molecular weight excluding hydrogens is 425 g/mol. The number of nitrogens with zero attached hydrogens (tertiary/aromatic N) is 5. The van der Waals surface area contributed by atoms with Crippen LogP contribution in [0.1, 0.15) is 36.8 Å². The maximum absolute atomic E-state index is 15.0. The molecule has 2 N–H and O–H groups in total. The van der Waals surface area contributed by atoms with Gasteiger partial charge < -0.3 is 20.4 Å². The van der Waals surface area contributed by atoms with Gasteiger partial charge in [-0.25, -0.2) is 19.4 Å². The Bertz CT molecular complexity index is 1100. The Morgan fingerprint density at radius 1 is 1.33 bits per heavy atom. The monoisotopic (exact) mass is 453 g/mol. The Hall–Kier alpha value is -3.40. The quantitative estimate of drug-likeness (QED) is 0.410. The number of carbonyl (C=O) groups excluding carboxylic acids is 1. The zero-order valence-corrected chi connectivity index (χ0v) is 19.1. The molecule has 0 unspecified atom stereocenters. The second-order valence-electron chi connectivity index (χ2n) is 8.23. The Morgan fingerprint density at radius 3 is 2.76 bits per heavy atom. The van der Waals surface area contributed by atoms with Gasteiger partial charge >= 0.3 is 0 Å². The van der Waals surface area contributed by atoms with Crippen molar-refractivity contribution in [1.82, 2.24) is 15.4 Å². The van der Waals surface area contributed by atoms with Gasteiger partial charge in [0.25, 0.3) is 0 Å². The van der Waals surface area contributed by atoms with Crippen LogP contribution in [0.2, 0.25) is 0 Å². The lowest BCUT2D eigenvalue weighted by atomic mass is 9.91. The van der Waals surface area contributed by atoms with E-state index in [-0.39, 0.29) is 36.0 Å². The summed E-state index contributed by atoms with van der Waals surface area (Å²) in [5.41, 5.74) is 4.79. The highest BCUT2D eigenvalue weighted by Gasteiger charge is 2.33. The van der Waals surface area contributed by atoms with Crippen molar-refractivity contribution >= 4 is 30.1 Å². The van der Waals surface area contributed by atoms with Crippen LogP contribution in [0.15, 0.2) is 28.4 Å². The molecule has 2 aromatic rings. The molecule has 0 spiro atoms. The number of benzene rings is 1. The fourth-order valence-electron chi connectivity index (χ4n) is 4.51. The molecule has 4 rings (SSSR count). The first-order chi connectivity index (χ1) is 15.9. The van der Waals surface area contributed by atoms with Crippen molar-refractivity contribution in [2.24, 2.45) is 10.1 Å². The highest BCUT2D eigenvalue weighted by atomic mass is 19.1. The molecule has 1 aromatic heterocycles. The molecule has 1 saturated carbocycles. The molecule has 1 amide bonds. The van der Waals surface area contributed by atoms with Gasteiger partial charge in [0, 0.05) is 25.8 Å². The average molecular weight is 454 g/mol. The third-order valence-electron chi connectivity index (χ3n) is 6.21. The van der Waals surface area contributed by atoms with E-state index in [0.29, 0.717) is 22.9 Å². The Labute approximate surface area is 192 Å². The molecule has 174 valence electrons. The molecule has 0 atom stereocenters. The van der Waals surface area contributed by atoms with Gasteiger partial charge in [-0.15, -0.1) is 0 Å². The van der Waals surface area contributed by atoms with E-state index in [4.69, 9.17) is 9.72 Å². The molecule has 33 heavy (non-hydrogen) atoms. The predicted octanol–water partition coefficient (Wildman–Crippen LogP) is 2.89. The van der Waals surface area contributed by atoms with Crippen molar-refractivity contribution in [1.29, 1.82) is 0 Å². The number of amidine groups is 1. The van der Waals surface area contributed by atoms with Gasteiger partial charge in [-0.3, -0.25) is 4.79 Å². The van der Waals surface area contributed by atoms with Crippen molar-refractivity contribution in [3.05, 3.63) is 35.3 Å². The number of anilines is 2. The number of hydrazone groups is 1. The first kappa shape index (κ1) is 22.8. The van der Waals surface area contributed by atoms with Crippen LogP contribution in [-0.2, 0) is 9.53 Å². The van der Waals surface area contributed by atoms with Crippen LogP contribution in [-0.4, -0.2) is 61.3 Å². The number of nitrogens with one attached hydrogen (secondary N) is 2. The molecule has 10 heteroatoms. The molecule has 1 aliphatic carbocycles. The average Bonchev–Trinajstić information content (AvgIpc) is 2.83. The minimum Gasteiger partial charge on any atom is -0.381 e. The largest absolute Gasteiger partial charge is 0.381 e. The number of ether oxygens (including phenoxy) is 1. The summed E-state index contributed by atoms with van der Waals surface area (Å²) in [6, 6.07) is 3.25. The molecule has 1 fully saturated rings. The number of halogens is 1. The molecule has 0 bridgehead atoms. The number of methoxy groups -OCH3 is 1. The molecule has 0 radical (unpaired) electrons. The standard InChI is InChI=1S/C23H28FN7O2/c1-13-9-17(21(25-2)30-26-3)18(24)10-16(13)19-11-27-22-23(28-19)31(12-20(32)29-22)14-5-7-15(33-4)8-6-14/h9-11,14-15,26H,2,5-8,12H2,1,3-4H3,(H,27,29,32)/b30-21-/t14-,15+. The Morgan fingerprint density at radius 2 is 2.09 bits per heavy atom. The van der Waals surface area contributed by atoms with Crippen LogP contribution in [0.4, 0.5) is 16.0 Å². The van der Waals surface area contributed by atoms with Crippen LogP contribution in [0.3, 0.4) is 0 Å². The number of hydrogen-bond donors (Lipinski definition) is 2. The summed E-state index contributed by atoms with van der Waals surface area (Å²) in [7, 11) is 3.34. The lowest BCUT2D eigenvalue weighted by molar-refractivity contribution is -0.115. The number of aromatic nitrogens is 2. The minimum absolute atomic E-state index is 0.113. The van der Waals surface area contributed by atoms with E-state index in [2.05, 4.69) is 32.5 Å². The van der Waals surface area contributed by atoms with Gasteiger partial charge in [0.1, 0.15) is 5.82 Å². The van der Waals surface area contributed by atoms with E-state index in [1.54, 1.807) is 26.4 Å². The summed E-state index contributed by atoms with van der Waals surface area (Å²) < 4.78 is 20.5. The fraction of sp³-hybridized carbons (Fsp3) is 0.435. The third-order valence-corrected chi connectivity index (χ3v) is 6.21. The second kappa shape index (κ2) is 9.62. The Kier molecular flexibility index (Phi) is 6.64. The van der Waals surface area contributed by atoms with Gasteiger partial charge in [0.05, 0.1) is 30.1 Å². The first-order valence-electron chi connectivity index (χ1n) is 10.9. The zero-order chi connectivity index (χ0) is 23.5. The van der Waals surface area contributed by atoms with Crippen molar-refractivity contribution in [2.45, 2.75) is 44.8 Å². The summed E-state index contributed by atoms with van der Waals surface area (Å²) in [5, 5.41) is 6.77. The molecule has 0 saturated heterocycles. The summed E-state index contributed by atoms with van der Waals surface area (Å²) >= 11 is 0. The number of amides is 1. The van der Waals surface area contributed by atoms with E-state index < -0.39 is 5.82 Å². The molecule has 1 aliphatic heterocycles. The van der Waals surface area contributed by atoms with E-state index >= 15 is 0 Å². The fourth-order valence-corrected chi connectivity index (χ4v) is 4.51. The van der Waals surface area contributed by atoms with Crippen molar-refractivity contribution in [3.63, 3.8) is 0 Å². The van der Waals surface area contributed by atoms with Crippen LogP contribution >= 0.6 is 0 Å². The third kappa shape index (κ3) is 4.56. The summed E-state index contributed by atoms with van der Waals surface area (Å²) in [6.07, 6.45) is 5.48. The number of carbonyl (C=O) groups is 1. The normalized spacial score (nSPS) is 20.8. The van der Waals surface area contributed by atoms with Gasteiger partial charge in [0.15, 0.2) is 17.5 Å². The smallest absolute Gasteiger partial charge is 0.245 e. The number of fused-ring (bicyclic) bond motifs is 1. The van der Waals surface area contributed by atoms with E-state index in [1.165, 1.54) is 6.07 Å². The van der Waals surface area contributed by atoms with E-state index in [0.717, 1.165) is 31.2 Å². The number of hydrogen-bond acceptors (Lipinski definition) is 7. The highest BCUT2D eigenvalue weighted by Crippen LogP contribution is 2.35. The highest BCUT2D eigenvalue weighted by molar-refractivity contribution is 6.02. The van der Waals surface area contributed by atoms with E-state index in [9.17, 15) is 9.18 Å². The first-order valence-corrected chi connectivity index (χ1v) is 10.9. The lowest BCUT2D eigenvalue weighted by Crippen LogP contribution is -2.47. The van der Waals surface area contributed by atoms with Crippen LogP contribution < -0.4 is 15.6 Å². The lowest BCUT2D eigenvalue weighted by Gasteiger charge is -2.39. The molecule has 1 aromatic carbocycles. The van der Waals surface area contributed by atoms with E-state index in [1.807, 2.05) is 11.8 Å². The summed E-state index contributed by atoms with van der Waals surface area (Å²) in [6.45, 7) is 5.55. The Balaban J connectivity index is 1.70. The summed E-state index contributed by atoms with van der Waals surface area (Å²) in [5.74, 6) is 0.611. The maximum Gasteiger partial charge on any atom is 0.245 e. The van der Waals surface area contributed by atoms with Gasteiger partial charge in [0.2, 0.25) is 5.91 Å². The van der Waals surface area contributed by atoms with Crippen LogP contribution in [0, 0.1) is 12.7 Å². The van der Waals surface area contributed by atoms with Crippen LogP contribution in [0.5, 0.6) is 0 Å². The van der Waals surface area contributed by atoms with Gasteiger partial charge in [-0.1, -0.05) is 0 Å². The zero-order valence-electron chi connectivity index (χ0n) is 19.1. The van der Waals surface area contributed by atoms with Gasteiger partial charge in [-0.05, 0) is 57.0 Å². The SMILES string of the molecule is C=N/C(=N\NC)c1cc(C)c(-c2cnc3c(n2)N([C@H]2CC[C@@H](OC)CC2)CC(=O)N3)cc1F. The molecule has 9 nitrogen and oxygen atoms in total. The number of aryl methyl sites for hydroxylation is 1. The molecule has 2 aliphatic rings. The number of rotatable bonds is 5. The molecular formula is C23H28FN7O2. The van der Waals surface area contributed by atoms with Crippen molar-refractivity contribution in [2.75, 3.05) is 30.9 Å². The van der Waals surface area contributed by atoms with Crippen molar-refractivity contribution in [3.8, 4) is 11.3 Å². The topological polar surface area (TPSA) is 104 Å². The number of aliphatic imine (C=N–C) groups is 1. The second-order valence-corrected chi connectivity index (χ2v) is 8.23.